The van der Waals surface area contributed by atoms with Crippen LogP contribution in [0.5, 0.6) is 5.75 Å². The van der Waals surface area contributed by atoms with E-state index in [1.54, 1.807) is 7.11 Å². The molecule has 0 amide bonds. The molecule has 1 fully saturated rings. The molecule has 0 saturated heterocycles. The van der Waals surface area contributed by atoms with Gasteiger partial charge in [-0.05, 0) is 44.4 Å². The summed E-state index contributed by atoms with van der Waals surface area (Å²) in [5.74, 6) is 0.882. The Kier molecular flexibility index (Phi) is 4.48. The van der Waals surface area contributed by atoms with Crippen molar-refractivity contribution in [1.82, 2.24) is 0 Å². The fourth-order valence-electron chi connectivity index (χ4n) is 2.97. The average molecular weight is 263 g/mol. The quantitative estimate of drug-likeness (QED) is 0.885. The lowest BCUT2D eigenvalue weighted by molar-refractivity contribution is -0.0264. The molecular weight excluding hydrogens is 238 g/mol. The van der Waals surface area contributed by atoms with Crippen LogP contribution in [0.4, 0.5) is 0 Å². The molecule has 3 nitrogen and oxygen atoms in total. The fourth-order valence-corrected chi connectivity index (χ4v) is 2.97. The van der Waals surface area contributed by atoms with Crippen LogP contribution in [-0.4, -0.2) is 18.8 Å². The van der Waals surface area contributed by atoms with Crippen molar-refractivity contribution in [2.75, 3.05) is 7.11 Å². The van der Waals surface area contributed by atoms with Gasteiger partial charge in [0.2, 0.25) is 0 Å². The lowest BCUT2D eigenvalue weighted by Crippen LogP contribution is -2.40. The van der Waals surface area contributed by atoms with E-state index in [-0.39, 0.29) is 17.7 Å². The summed E-state index contributed by atoms with van der Waals surface area (Å²) in [5, 5.41) is 0. The van der Waals surface area contributed by atoms with Gasteiger partial charge in [-0.15, -0.1) is 0 Å². The molecule has 2 rings (SSSR count). The lowest BCUT2D eigenvalue weighted by atomic mass is 9.87. The van der Waals surface area contributed by atoms with Crippen molar-refractivity contribution in [1.29, 1.82) is 0 Å². The molecule has 3 heteroatoms. The van der Waals surface area contributed by atoms with Crippen LogP contribution in [0.25, 0.3) is 0 Å². The maximum atomic E-state index is 6.46. The van der Waals surface area contributed by atoms with E-state index in [4.69, 9.17) is 15.2 Å². The number of hydrogen-bond acceptors (Lipinski definition) is 3. The first-order valence-electron chi connectivity index (χ1n) is 7.15. The Morgan fingerprint density at radius 2 is 1.89 bits per heavy atom. The third-order valence-electron chi connectivity index (χ3n) is 4.01. The van der Waals surface area contributed by atoms with Crippen molar-refractivity contribution in [2.24, 2.45) is 5.73 Å². The van der Waals surface area contributed by atoms with Crippen molar-refractivity contribution in [2.45, 2.75) is 57.3 Å². The zero-order chi connectivity index (χ0) is 13.9. The Morgan fingerprint density at radius 3 is 2.47 bits per heavy atom. The highest BCUT2D eigenvalue weighted by Crippen LogP contribution is 2.41. The Balaban J connectivity index is 2.20. The summed E-state index contributed by atoms with van der Waals surface area (Å²) in [4.78, 5) is 0. The first-order chi connectivity index (χ1) is 9.07. The predicted molar refractivity (Wildman–Crippen MR) is 77.3 cm³/mol. The highest BCUT2D eigenvalue weighted by Gasteiger charge is 2.40. The third kappa shape index (κ3) is 3.10. The summed E-state index contributed by atoms with van der Waals surface area (Å²) in [6.45, 7) is 4.06. The monoisotopic (exact) mass is 263 g/mol. The van der Waals surface area contributed by atoms with Gasteiger partial charge in [0.25, 0.3) is 0 Å². The third-order valence-corrected chi connectivity index (χ3v) is 4.01. The van der Waals surface area contributed by atoms with Gasteiger partial charge < -0.3 is 15.2 Å². The van der Waals surface area contributed by atoms with E-state index in [0.717, 1.165) is 24.2 Å². The summed E-state index contributed by atoms with van der Waals surface area (Å²) >= 11 is 0. The van der Waals surface area contributed by atoms with E-state index in [2.05, 4.69) is 6.07 Å². The first-order valence-corrected chi connectivity index (χ1v) is 7.15. The summed E-state index contributed by atoms with van der Waals surface area (Å²) < 4.78 is 11.5. The van der Waals surface area contributed by atoms with Crippen molar-refractivity contribution in [3.05, 3.63) is 29.8 Å². The standard InChI is InChI=1S/C16H25NO2/c1-12(2)19-14-8-6-7-13(11-14)15(17)16(18-3)9-4-5-10-16/h6-8,11-12,15H,4-5,9-10,17H2,1-3H3. The van der Waals surface area contributed by atoms with Crippen LogP contribution < -0.4 is 10.5 Å². The SMILES string of the molecule is COC1(C(N)c2cccc(OC(C)C)c2)CCCC1. The van der Waals surface area contributed by atoms with Gasteiger partial charge in [0.05, 0.1) is 17.7 Å². The highest BCUT2D eigenvalue weighted by atomic mass is 16.5. The molecule has 0 aliphatic heterocycles. The zero-order valence-corrected chi connectivity index (χ0v) is 12.2. The van der Waals surface area contributed by atoms with E-state index in [0.29, 0.717) is 0 Å². The van der Waals surface area contributed by atoms with Gasteiger partial charge >= 0.3 is 0 Å². The largest absolute Gasteiger partial charge is 0.491 e. The van der Waals surface area contributed by atoms with Crippen LogP contribution in [0.15, 0.2) is 24.3 Å². The van der Waals surface area contributed by atoms with Gasteiger partial charge in [0.15, 0.2) is 0 Å². The summed E-state index contributed by atoms with van der Waals surface area (Å²) in [6.07, 6.45) is 4.65. The molecule has 0 bridgehead atoms. The summed E-state index contributed by atoms with van der Waals surface area (Å²) in [5.41, 5.74) is 7.37. The van der Waals surface area contributed by atoms with Crippen LogP contribution in [0.2, 0.25) is 0 Å². The van der Waals surface area contributed by atoms with E-state index in [1.165, 1.54) is 12.8 Å². The molecule has 1 aromatic rings. The van der Waals surface area contributed by atoms with E-state index in [9.17, 15) is 0 Å². The van der Waals surface area contributed by atoms with Gasteiger partial charge in [-0.25, -0.2) is 0 Å². The second kappa shape index (κ2) is 5.93. The van der Waals surface area contributed by atoms with Crippen molar-refractivity contribution in [3.8, 4) is 5.75 Å². The zero-order valence-electron chi connectivity index (χ0n) is 12.2. The van der Waals surface area contributed by atoms with E-state index in [1.807, 2.05) is 32.0 Å². The van der Waals surface area contributed by atoms with Crippen molar-refractivity contribution < 1.29 is 9.47 Å². The summed E-state index contributed by atoms with van der Waals surface area (Å²) in [7, 11) is 1.78. The number of hydrogen-bond donors (Lipinski definition) is 1. The molecule has 19 heavy (non-hydrogen) atoms. The molecule has 1 atom stereocenters. The molecule has 1 saturated carbocycles. The predicted octanol–water partition coefficient (Wildman–Crippen LogP) is 3.43. The van der Waals surface area contributed by atoms with Crippen LogP contribution >= 0.6 is 0 Å². The number of rotatable bonds is 5. The minimum atomic E-state index is -0.198. The molecule has 106 valence electrons. The molecule has 0 radical (unpaired) electrons. The molecule has 1 aliphatic carbocycles. The molecule has 1 unspecified atom stereocenters. The smallest absolute Gasteiger partial charge is 0.120 e. The van der Waals surface area contributed by atoms with Gasteiger partial charge in [0.1, 0.15) is 5.75 Å². The molecular formula is C16H25NO2. The topological polar surface area (TPSA) is 44.5 Å². The van der Waals surface area contributed by atoms with E-state index < -0.39 is 0 Å². The van der Waals surface area contributed by atoms with Gasteiger partial charge in [0, 0.05) is 7.11 Å². The molecule has 2 N–H and O–H groups in total. The Bertz CT molecular complexity index is 411. The average Bonchev–Trinajstić information content (AvgIpc) is 2.87. The highest BCUT2D eigenvalue weighted by molar-refractivity contribution is 5.32. The maximum absolute atomic E-state index is 6.46. The van der Waals surface area contributed by atoms with Gasteiger partial charge in [-0.3, -0.25) is 0 Å². The van der Waals surface area contributed by atoms with Crippen LogP contribution in [0.1, 0.15) is 51.1 Å². The first kappa shape index (κ1) is 14.4. The van der Waals surface area contributed by atoms with Gasteiger partial charge in [-0.1, -0.05) is 25.0 Å². The summed E-state index contributed by atoms with van der Waals surface area (Å²) in [6, 6.07) is 8.01. The Hall–Kier alpha value is -1.06. The van der Waals surface area contributed by atoms with Crippen LogP contribution in [0, 0.1) is 0 Å². The second-order valence-electron chi connectivity index (χ2n) is 5.69. The Labute approximate surface area is 116 Å². The molecule has 1 aromatic carbocycles. The van der Waals surface area contributed by atoms with Gasteiger partial charge in [-0.2, -0.15) is 0 Å². The van der Waals surface area contributed by atoms with Crippen molar-refractivity contribution in [3.63, 3.8) is 0 Å². The Morgan fingerprint density at radius 1 is 1.21 bits per heavy atom. The number of nitrogens with two attached hydrogens (primary N) is 1. The normalized spacial score (nSPS) is 19.6. The maximum Gasteiger partial charge on any atom is 0.120 e. The molecule has 1 aliphatic rings. The van der Waals surface area contributed by atoms with E-state index >= 15 is 0 Å². The number of ether oxygens (including phenoxy) is 2. The molecule has 0 spiro atoms. The number of benzene rings is 1. The van der Waals surface area contributed by atoms with Crippen molar-refractivity contribution >= 4 is 0 Å². The fraction of sp³-hybridized carbons (Fsp3) is 0.625. The molecule has 0 aromatic heterocycles. The van der Waals surface area contributed by atoms with Crippen LogP contribution in [0.3, 0.4) is 0 Å². The minimum Gasteiger partial charge on any atom is -0.491 e. The lowest BCUT2D eigenvalue weighted by Gasteiger charge is -2.34. The number of methoxy groups -OCH3 is 1. The molecule has 0 heterocycles. The second-order valence-corrected chi connectivity index (χ2v) is 5.69. The minimum absolute atomic E-state index is 0.0873. The van der Waals surface area contributed by atoms with Crippen LogP contribution in [-0.2, 0) is 4.74 Å².